The van der Waals surface area contributed by atoms with Crippen LogP contribution in [0, 0.1) is 0 Å². The molecule has 0 aromatic rings. The Kier molecular flexibility index (Phi) is 4.21. The predicted octanol–water partition coefficient (Wildman–Crippen LogP) is 0.640. The maximum absolute atomic E-state index is 12.7. The fourth-order valence-electron chi connectivity index (χ4n) is 1.89. The molecule has 0 aromatic heterocycles. The SMILES string of the molecule is CO[C@H]1C[C@@H](CO)N(C(=O)CC(C)(F)F)C1. The van der Waals surface area contributed by atoms with Crippen LogP contribution in [-0.2, 0) is 9.53 Å². The van der Waals surface area contributed by atoms with E-state index in [0.717, 1.165) is 0 Å². The van der Waals surface area contributed by atoms with Crippen LogP contribution < -0.4 is 0 Å². The molecule has 6 heteroatoms. The van der Waals surface area contributed by atoms with Crippen molar-refractivity contribution in [2.24, 2.45) is 0 Å². The Morgan fingerprint density at radius 1 is 1.62 bits per heavy atom. The second kappa shape index (κ2) is 5.05. The smallest absolute Gasteiger partial charge is 0.254 e. The molecule has 1 rings (SSSR count). The fourth-order valence-corrected chi connectivity index (χ4v) is 1.89. The average Bonchev–Trinajstić information content (AvgIpc) is 2.58. The average molecular weight is 237 g/mol. The highest BCUT2D eigenvalue weighted by atomic mass is 19.3. The van der Waals surface area contributed by atoms with Crippen LogP contribution in [0.5, 0.6) is 0 Å². The van der Waals surface area contributed by atoms with Gasteiger partial charge in [-0.15, -0.1) is 0 Å². The van der Waals surface area contributed by atoms with Crippen molar-refractivity contribution in [3.63, 3.8) is 0 Å². The third-order valence-electron chi connectivity index (χ3n) is 2.70. The van der Waals surface area contributed by atoms with Crippen molar-refractivity contribution in [1.82, 2.24) is 4.90 Å². The summed E-state index contributed by atoms with van der Waals surface area (Å²) < 4.78 is 30.5. The Morgan fingerprint density at radius 3 is 2.69 bits per heavy atom. The van der Waals surface area contributed by atoms with Crippen LogP contribution in [0.3, 0.4) is 0 Å². The monoisotopic (exact) mass is 237 g/mol. The lowest BCUT2D eigenvalue weighted by atomic mass is 10.2. The fraction of sp³-hybridized carbons (Fsp3) is 0.900. The number of hydrogen-bond donors (Lipinski definition) is 1. The number of alkyl halides is 2. The van der Waals surface area contributed by atoms with Gasteiger partial charge in [0.25, 0.3) is 5.92 Å². The van der Waals surface area contributed by atoms with E-state index in [1.54, 1.807) is 0 Å². The number of halogens is 2. The standard InChI is InChI=1S/C10H17F2NO3/c1-10(11,12)4-9(15)13-5-8(16-2)3-7(13)6-14/h7-8,14H,3-6H2,1-2H3/t7-,8-/m0/s1. The molecule has 0 aromatic carbocycles. The summed E-state index contributed by atoms with van der Waals surface area (Å²) in [5.41, 5.74) is 0. The van der Waals surface area contributed by atoms with Gasteiger partial charge in [-0.2, -0.15) is 0 Å². The van der Waals surface area contributed by atoms with Crippen LogP contribution in [0.2, 0.25) is 0 Å². The molecule has 0 bridgehead atoms. The molecule has 1 aliphatic heterocycles. The predicted molar refractivity (Wildman–Crippen MR) is 53.2 cm³/mol. The van der Waals surface area contributed by atoms with Gasteiger partial charge in [0.2, 0.25) is 5.91 Å². The largest absolute Gasteiger partial charge is 0.394 e. The zero-order valence-corrected chi connectivity index (χ0v) is 9.45. The van der Waals surface area contributed by atoms with Gasteiger partial charge >= 0.3 is 0 Å². The summed E-state index contributed by atoms with van der Waals surface area (Å²) in [6, 6.07) is -0.403. The minimum absolute atomic E-state index is 0.174. The number of carbonyl (C=O) groups excluding carboxylic acids is 1. The number of nitrogens with zero attached hydrogens (tertiary/aromatic N) is 1. The zero-order chi connectivity index (χ0) is 12.3. The minimum atomic E-state index is -3.01. The van der Waals surface area contributed by atoms with E-state index in [4.69, 9.17) is 9.84 Å². The van der Waals surface area contributed by atoms with Crippen LogP contribution in [-0.4, -0.2) is 54.2 Å². The van der Waals surface area contributed by atoms with Crippen molar-refractivity contribution < 1.29 is 23.4 Å². The van der Waals surface area contributed by atoms with Gasteiger partial charge in [0.1, 0.15) is 0 Å². The van der Waals surface area contributed by atoms with Crippen molar-refractivity contribution in [2.75, 3.05) is 20.3 Å². The van der Waals surface area contributed by atoms with Gasteiger partial charge in [0.05, 0.1) is 25.2 Å². The number of likely N-dealkylation sites (tertiary alicyclic amines) is 1. The minimum Gasteiger partial charge on any atom is -0.394 e. The lowest BCUT2D eigenvalue weighted by Crippen LogP contribution is -2.40. The van der Waals surface area contributed by atoms with Gasteiger partial charge in [0.15, 0.2) is 0 Å². The summed E-state index contributed by atoms with van der Waals surface area (Å²) in [7, 11) is 1.50. The number of amides is 1. The molecule has 94 valence electrons. The topological polar surface area (TPSA) is 49.8 Å². The van der Waals surface area contributed by atoms with E-state index in [-0.39, 0.29) is 19.3 Å². The Bertz CT molecular complexity index is 255. The van der Waals surface area contributed by atoms with Gasteiger partial charge in [-0.25, -0.2) is 8.78 Å². The summed E-state index contributed by atoms with van der Waals surface area (Å²) in [6.07, 6.45) is -0.500. The number of rotatable bonds is 4. The van der Waals surface area contributed by atoms with Crippen LogP contribution in [0.1, 0.15) is 19.8 Å². The first-order valence-electron chi connectivity index (χ1n) is 5.18. The van der Waals surface area contributed by atoms with E-state index >= 15 is 0 Å². The number of hydrogen-bond acceptors (Lipinski definition) is 3. The molecule has 2 atom stereocenters. The normalized spacial score (nSPS) is 26.2. The van der Waals surface area contributed by atoms with Crippen molar-refractivity contribution in [3.05, 3.63) is 0 Å². The molecule has 0 unspecified atom stereocenters. The lowest BCUT2D eigenvalue weighted by Gasteiger charge is -2.24. The molecule has 1 saturated heterocycles. The van der Waals surface area contributed by atoms with E-state index in [9.17, 15) is 13.6 Å². The van der Waals surface area contributed by atoms with Crippen molar-refractivity contribution in [1.29, 1.82) is 0 Å². The van der Waals surface area contributed by atoms with Crippen molar-refractivity contribution in [3.8, 4) is 0 Å². The Balaban J connectivity index is 2.61. The highest BCUT2D eigenvalue weighted by Crippen LogP contribution is 2.24. The number of aliphatic hydroxyl groups excluding tert-OH is 1. The molecule has 0 radical (unpaired) electrons. The molecule has 0 aliphatic carbocycles. The molecule has 0 spiro atoms. The molecular formula is C10H17F2NO3. The van der Waals surface area contributed by atoms with E-state index in [1.165, 1.54) is 12.0 Å². The summed E-state index contributed by atoms with van der Waals surface area (Å²) in [6.45, 7) is 0.764. The zero-order valence-electron chi connectivity index (χ0n) is 9.45. The summed E-state index contributed by atoms with van der Waals surface area (Å²) in [5.74, 6) is -3.64. The number of ether oxygens (including phenoxy) is 1. The molecular weight excluding hydrogens is 220 g/mol. The second-order valence-corrected chi connectivity index (χ2v) is 4.22. The Labute approximate surface area is 93.2 Å². The van der Waals surface area contributed by atoms with Gasteiger partial charge in [0, 0.05) is 13.7 Å². The molecule has 1 N–H and O–H groups in total. The van der Waals surface area contributed by atoms with Crippen LogP contribution in [0.15, 0.2) is 0 Å². The third kappa shape index (κ3) is 3.38. The van der Waals surface area contributed by atoms with Crippen LogP contribution in [0.25, 0.3) is 0 Å². The molecule has 1 heterocycles. The first-order chi connectivity index (χ1) is 7.37. The molecule has 1 aliphatic rings. The number of methoxy groups -OCH3 is 1. The highest BCUT2D eigenvalue weighted by Gasteiger charge is 2.37. The van der Waals surface area contributed by atoms with E-state index < -0.39 is 24.3 Å². The number of carbonyl (C=O) groups is 1. The molecule has 0 saturated carbocycles. The third-order valence-corrected chi connectivity index (χ3v) is 2.70. The van der Waals surface area contributed by atoms with Crippen LogP contribution in [0.4, 0.5) is 8.78 Å². The van der Waals surface area contributed by atoms with E-state index in [1.807, 2.05) is 0 Å². The van der Waals surface area contributed by atoms with Gasteiger partial charge < -0.3 is 14.7 Å². The summed E-state index contributed by atoms with van der Waals surface area (Å²) in [4.78, 5) is 12.9. The molecule has 1 fully saturated rings. The maximum atomic E-state index is 12.7. The molecule has 1 amide bonds. The summed E-state index contributed by atoms with van der Waals surface area (Å²) in [5, 5.41) is 9.06. The van der Waals surface area contributed by atoms with Crippen molar-refractivity contribution >= 4 is 5.91 Å². The van der Waals surface area contributed by atoms with Gasteiger partial charge in [-0.3, -0.25) is 4.79 Å². The Hall–Kier alpha value is -0.750. The quantitative estimate of drug-likeness (QED) is 0.780. The van der Waals surface area contributed by atoms with E-state index in [0.29, 0.717) is 13.3 Å². The lowest BCUT2D eigenvalue weighted by molar-refractivity contribution is -0.139. The Morgan fingerprint density at radius 2 is 2.25 bits per heavy atom. The first kappa shape index (κ1) is 13.3. The van der Waals surface area contributed by atoms with Crippen molar-refractivity contribution in [2.45, 2.75) is 37.8 Å². The maximum Gasteiger partial charge on any atom is 0.254 e. The molecule has 4 nitrogen and oxygen atoms in total. The second-order valence-electron chi connectivity index (χ2n) is 4.22. The molecule has 16 heavy (non-hydrogen) atoms. The van der Waals surface area contributed by atoms with Crippen LogP contribution >= 0.6 is 0 Å². The van der Waals surface area contributed by atoms with Gasteiger partial charge in [-0.1, -0.05) is 0 Å². The van der Waals surface area contributed by atoms with E-state index in [2.05, 4.69) is 0 Å². The summed E-state index contributed by atoms with van der Waals surface area (Å²) >= 11 is 0. The van der Waals surface area contributed by atoms with Gasteiger partial charge in [-0.05, 0) is 13.3 Å². The first-order valence-corrected chi connectivity index (χ1v) is 5.18. The number of aliphatic hydroxyl groups is 1. The highest BCUT2D eigenvalue weighted by molar-refractivity contribution is 5.77.